The van der Waals surface area contributed by atoms with Gasteiger partial charge in [-0.1, -0.05) is 12.1 Å². The highest BCUT2D eigenvalue weighted by molar-refractivity contribution is 5.96. The number of hydrogen-bond acceptors (Lipinski definition) is 5. The standard InChI is InChI=1S/C22H24N2O5/c1-23(14-16-5-11-19(28-2)12-6-16)21(26)15-29-22(27)17-7-9-18(10-8-17)24-13-3-4-20(24)25/h5-12H,3-4,13-15H2,1-2H3. The summed E-state index contributed by atoms with van der Waals surface area (Å²) in [4.78, 5) is 39.4. The van der Waals surface area contributed by atoms with E-state index in [0.29, 0.717) is 25.1 Å². The minimum absolute atomic E-state index is 0.0887. The Hall–Kier alpha value is -3.35. The van der Waals surface area contributed by atoms with E-state index in [0.717, 1.165) is 23.4 Å². The van der Waals surface area contributed by atoms with Crippen LogP contribution >= 0.6 is 0 Å². The molecule has 0 bridgehead atoms. The summed E-state index contributed by atoms with van der Waals surface area (Å²) in [5, 5.41) is 0. The van der Waals surface area contributed by atoms with Gasteiger partial charge < -0.3 is 19.3 Å². The van der Waals surface area contributed by atoms with Crippen LogP contribution in [0.3, 0.4) is 0 Å². The van der Waals surface area contributed by atoms with Crippen molar-refractivity contribution in [2.45, 2.75) is 19.4 Å². The molecule has 2 aromatic carbocycles. The summed E-state index contributed by atoms with van der Waals surface area (Å²) in [6, 6.07) is 14.1. The van der Waals surface area contributed by atoms with E-state index in [1.807, 2.05) is 24.3 Å². The molecule has 0 N–H and O–H groups in total. The number of rotatable bonds is 7. The van der Waals surface area contributed by atoms with Crippen molar-refractivity contribution >= 4 is 23.5 Å². The zero-order valence-electron chi connectivity index (χ0n) is 16.6. The second-order valence-electron chi connectivity index (χ2n) is 6.87. The van der Waals surface area contributed by atoms with Crippen molar-refractivity contribution in [3.63, 3.8) is 0 Å². The van der Waals surface area contributed by atoms with Gasteiger partial charge in [-0.2, -0.15) is 0 Å². The van der Waals surface area contributed by atoms with Crippen LogP contribution in [0.25, 0.3) is 0 Å². The predicted molar refractivity (Wildman–Crippen MR) is 108 cm³/mol. The number of carbonyl (C=O) groups is 3. The Morgan fingerprint density at radius 2 is 1.76 bits per heavy atom. The van der Waals surface area contributed by atoms with Crippen molar-refractivity contribution in [1.29, 1.82) is 0 Å². The number of likely N-dealkylation sites (N-methyl/N-ethyl adjacent to an activating group) is 1. The van der Waals surface area contributed by atoms with E-state index >= 15 is 0 Å². The van der Waals surface area contributed by atoms with Gasteiger partial charge in [0.15, 0.2) is 6.61 Å². The molecule has 7 nitrogen and oxygen atoms in total. The van der Waals surface area contributed by atoms with Gasteiger partial charge >= 0.3 is 5.97 Å². The van der Waals surface area contributed by atoms with Crippen LogP contribution in [0.1, 0.15) is 28.8 Å². The highest BCUT2D eigenvalue weighted by Crippen LogP contribution is 2.21. The number of ether oxygens (including phenoxy) is 2. The molecule has 1 aliphatic rings. The molecule has 0 aliphatic carbocycles. The molecule has 1 saturated heterocycles. The van der Waals surface area contributed by atoms with Crippen molar-refractivity contribution in [3.8, 4) is 5.75 Å². The maximum atomic E-state index is 12.3. The number of hydrogen-bond donors (Lipinski definition) is 0. The van der Waals surface area contributed by atoms with Gasteiger partial charge in [0.2, 0.25) is 5.91 Å². The first-order valence-corrected chi connectivity index (χ1v) is 9.42. The van der Waals surface area contributed by atoms with Gasteiger partial charge in [-0.3, -0.25) is 9.59 Å². The number of nitrogens with zero attached hydrogens (tertiary/aromatic N) is 2. The van der Waals surface area contributed by atoms with Crippen LogP contribution in [0.2, 0.25) is 0 Å². The Morgan fingerprint density at radius 3 is 2.34 bits per heavy atom. The zero-order valence-corrected chi connectivity index (χ0v) is 16.6. The molecule has 29 heavy (non-hydrogen) atoms. The van der Waals surface area contributed by atoms with E-state index < -0.39 is 5.97 Å². The van der Waals surface area contributed by atoms with Gasteiger partial charge in [0, 0.05) is 32.2 Å². The molecule has 0 aromatic heterocycles. The molecular weight excluding hydrogens is 372 g/mol. The van der Waals surface area contributed by atoms with Crippen LogP contribution in [0.4, 0.5) is 5.69 Å². The molecule has 1 fully saturated rings. The third-order valence-electron chi connectivity index (χ3n) is 4.82. The average molecular weight is 396 g/mol. The van der Waals surface area contributed by atoms with E-state index in [-0.39, 0.29) is 18.4 Å². The number of benzene rings is 2. The molecule has 7 heteroatoms. The minimum atomic E-state index is -0.574. The van der Waals surface area contributed by atoms with E-state index in [2.05, 4.69) is 0 Å². The third kappa shape index (κ3) is 5.13. The van der Waals surface area contributed by atoms with Gasteiger partial charge in [0.25, 0.3) is 5.91 Å². The molecule has 1 aliphatic heterocycles. The van der Waals surface area contributed by atoms with Crippen molar-refractivity contribution in [2.24, 2.45) is 0 Å². The van der Waals surface area contributed by atoms with Gasteiger partial charge in [-0.25, -0.2) is 4.79 Å². The normalized spacial score (nSPS) is 13.3. The lowest BCUT2D eigenvalue weighted by atomic mass is 10.2. The smallest absolute Gasteiger partial charge is 0.338 e. The molecule has 2 amide bonds. The topological polar surface area (TPSA) is 76.2 Å². The summed E-state index contributed by atoms with van der Waals surface area (Å²) < 4.78 is 10.3. The van der Waals surface area contributed by atoms with Crippen LogP contribution in [-0.2, 0) is 20.9 Å². The average Bonchev–Trinajstić information content (AvgIpc) is 3.18. The zero-order chi connectivity index (χ0) is 20.8. The largest absolute Gasteiger partial charge is 0.497 e. The highest BCUT2D eigenvalue weighted by atomic mass is 16.5. The van der Waals surface area contributed by atoms with Crippen LogP contribution in [0.5, 0.6) is 5.75 Å². The molecule has 0 radical (unpaired) electrons. The van der Waals surface area contributed by atoms with Gasteiger partial charge in [0.1, 0.15) is 5.75 Å². The Bertz CT molecular complexity index is 877. The van der Waals surface area contributed by atoms with Gasteiger partial charge in [-0.15, -0.1) is 0 Å². The molecular formula is C22H24N2O5. The monoisotopic (exact) mass is 396 g/mol. The Morgan fingerprint density at radius 1 is 1.07 bits per heavy atom. The maximum absolute atomic E-state index is 12.3. The van der Waals surface area contributed by atoms with Crippen LogP contribution < -0.4 is 9.64 Å². The van der Waals surface area contributed by atoms with Crippen molar-refractivity contribution in [1.82, 2.24) is 4.90 Å². The van der Waals surface area contributed by atoms with E-state index in [1.54, 1.807) is 43.3 Å². The predicted octanol–water partition coefficient (Wildman–Crippen LogP) is 2.64. The van der Waals surface area contributed by atoms with E-state index in [4.69, 9.17) is 9.47 Å². The summed E-state index contributed by atoms with van der Waals surface area (Å²) >= 11 is 0. The van der Waals surface area contributed by atoms with E-state index in [1.165, 1.54) is 4.90 Å². The minimum Gasteiger partial charge on any atom is -0.497 e. The molecule has 1 heterocycles. The maximum Gasteiger partial charge on any atom is 0.338 e. The number of esters is 1. The molecule has 3 rings (SSSR count). The quantitative estimate of drug-likeness (QED) is 0.673. The van der Waals surface area contributed by atoms with Gasteiger partial charge in [-0.05, 0) is 48.4 Å². The summed E-state index contributed by atoms with van der Waals surface area (Å²) in [7, 11) is 3.25. The van der Waals surface area contributed by atoms with Crippen LogP contribution in [0.15, 0.2) is 48.5 Å². The number of anilines is 1. The lowest BCUT2D eigenvalue weighted by molar-refractivity contribution is -0.133. The number of methoxy groups -OCH3 is 1. The molecule has 2 aromatic rings. The summed E-state index contributed by atoms with van der Waals surface area (Å²) in [6.07, 6.45) is 1.39. The lowest BCUT2D eigenvalue weighted by Gasteiger charge is -2.18. The molecule has 152 valence electrons. The second-order valence-corrected chi connectivity index (χ2v) is 6.87. The molecule has 0 unspecified atom stereocenters. The fourth-order valence-corrected chi connectivity index (χ4v) is 3.11. The van der Waals surface area contributed by atoms with Crippen molar-refractivity contribution < 1.29 is 23.9 Å². The summed E-state index contributed by atoms with van der Waals surface area (Å²) in [5.74, 6) is -0.0356. The van der Waals surface area contributed by atoms with Gasteiger partial charge in [0.05, 0.1) is 12.7 Å². The molecule has 0 atom stereocenters. The third-order valence-corrected chi connectivity index (χ3v) is 4.82. The Balaban J connectivity index is 1.49. The first-order chi connectivity index (χ1) is 14.0. The fraction of sp³-hybridized carbons (Fsp3) is 0.318. The van der Waals surface area contributed by atoms with Crippen molar-refractivity contribution in [3.05, 3.63) is 59.7 Å². The Labute approximate surface area is 169 Å². The summed E-state index contributed by atoms with van der Waals surface area (Å²) in [5.41, 5.74) is 2.05. The first-order valence-electron chi connectivity index (χ1n) is 9.42. The Kier molecular flexibility index (Phi) is 6.49. The number of amides is 2. The van der Waals surface area contributed by atoms with E-state index in [9.17, 15) is 14.4 Å². The fourth-order valence-electron chi connectivity index (χ4n) is 3.11. The first kappa shape index (κ1) is 20.4. The molecule has 0 saturated carbocycles. The SMILES string of the molecule is COc1ccc(CN(C)C(=O)COC(=O)c2ccc(N3CCCC3=O)cc2)cc1. The second kappa shape index (κ2) is 9.23. The summed E-state index contributed by atoms with van der Waals surface area (Å²) in [6.45, 7) is 0.758. The van der Waals surface area contributed by atoms with Crippen molar-refractivity contribution in [2.75, 3.05) is 32.2 Å². The molecule has 0 spiro atoms. The highest BCUT2D eigenvalue weighted by Gasteiger charge is 2.22. The van der Waals surface area contributed by atoms with Crippen LogP contribution in [0, 0.1) is 0 Å². The van der Waals surface area contributed by atoms with Crippen LogP contribution in [-0.4, -0.2) is 50.0 Å². The lowest BCUT2D eigenvalue weighted by Crippen LogP contribution is -2.30. The number of carbonyl (C=O) groups excluding carboxylic acids is 3.